The molecule has 0 saturated carbocycles. The molecule has 0 unspecified atom stereocenters. The van der Waals surface area contributed by atoms with E-state index >= 15 is 0 Å². The summed E-state index contributed by atoms with van der Waals surface area (Å²) in [7, 11) is 0. The Labute approximate surface area is 186 Å². The zero-order valence-corrected chi connectivity index (χ0v) is 19.9. The van der Waals surface area contributed by atoms with Crippen molar-refractivity contribution in [3.8, 4) is 0 Å². The molecule has 0 aromatic carbocycles. The minimum Gasteiger partial charge on any atom is -0.480 e. The average molecular weight is 435 g/mol. The van der Waals surface area contributed by atoms with Crippen molar-refractivity contribution in [1.82, 2.24) is 10.6 Å². The fraction of sp³-hybridized carbons (Fsp3) is 0.739. The summed E-state index contributed by atoms with van der Waals surface area (Å²) < 4.78 is 11.4. The van der Waals surface area contributed by atoms with Gasteiger partial charge in [0.25, 0.3) is 0 Å². The third kappa shape index (κ3) is 5.86. The van der Waals surface area contributed by atoms with Crippen LogP contribution in [0.2, 0.25) is 0 Å². The lowest BCUT2D eigenvalue weighted by atomic mass is 9.87. The quantitative estimate of drug-likeness (QED) is 0.574. The van der Waals surface area contributed by atoms with Gasteiger partial charge >= 0.3 is 0 Å². The van der Waals surface area contributed by atoms with Crippen LogP contribution in [0.3, 0.4) is 0 Å². The van der Waals surface area contributed by atoms with E-state index in [9.17, 15) is 9.59 Å². The van der Waals surface area contributed by atoms with E-state index in [4.69, 9.17) is 9.47 Å². The normalized spacial score (nSPS) is 28.6. The number of amides is 2. The van der Waals surface area contributed by atoms with E-state index in [1.165, 1.54) is 0 Å². The maximum Gasteiger partial charge on any atom is 0.248 e. The molecule has 4 atom stereocenters. The van der Waals surface area contributed by atoms with E-state index < -0.39 is 11.6 Å². The van der Waals surface area contributed by atoms with Crippen LogP contribution in [0.5, 0.6) is 0 Å². The summed E-state index contributed by atoms with van der Waals surface area (Å²) >= 11 is 0. The van der Waals surface area contributed by atoms with Gasteiger partial charge in [-0.05, 0) is 39.0 Å². The highest BCUT2D eigenvalue weighted by Gasteiger charge is 2.43. The molecule has 0 aromatic rings. The van der Waals surface area contributed by atoms with E-state index in [1.54, 1.807) is 6.92 Å². The molecule has 31 heavy (non-hydrogen) atoms. The number of aliphatic imine (C=N–C) groups is 2. The van der Waals surface area contributed by atoms with E-state index in [0.717, 1.165) is 5.57 Å². The SMILES string of the molecule is C=C(C[C@H]1N=C(OCC)[C@H](C(C)C)NC1=O)C[C@@]1(C)N=C(OCC)[C@H](C(C)C)NC1=O. The summed E-state index contributed by atoms with van der Waals surface area (Å²) in [5, 5.41) is 6.05. The van der Waals surface area contributed by atoms with Gasteiger partial charge < -0.3 is 20.1 Å². The van der Waals surface area contributed by atoms with Crippen molar-refractivity contribution >= 4 is 23.6 Å². The van der Waals surface area contributed by atoms with Crippen LogP contribution in [-0.2, 0) is 19.1 Å². The minimum absolute atomic E-state index is 0.153. The van der Waals surface area contributed by atoms with Gasteiger partial charge in [0.2, 0.25) is 23.6 Å². The summed E-state index contributed by atoms with van der Waals surface area (Å²) in [6.07, 6.45) is 0.625. The lowest BCUT2D eigenvalue weighted by Gasteiger charge is -2.36. The predicted molar refractivity (Wildman–Crippen MR) is 122 cm³/mol. The van der Waals surface area contributed by atoms with Gasteiger partial charge in [-0.1, -0.05) is 39.8 Å². The second kappa shape index (κ2) is 10.3. The number of nitrogens with one attached hydrogen (secondary N) is 2. The van der Waals surface area contributed by atoms with Crippen LogP contribution in [0.25, 0.3) is 0 Å². The summed E-state index contributed by atoms with van der Waals surface area (Å²) in [6, 6.07) is -1.10. The van der Waals surface area contributed by atoms with Crippen molar-refractivity contribution in [2.45, 2.75) is 85.0 Å². The molecule has 0 fully saturated rings. The Morgan fingerprint density at radius 1 is 1.03 bits per heavy atom. The van der Waals surface area contributed by atoms with Crippen molar-refractivity contribution in [2.24, 2.45) is 21.8 Å². The molecule has 2 N–H and O–H groups in total. The number of nitrogens with zero attached hydrogens (tertiary/aromatic N) is 2. The molecule has 2 aliphatic heterocycles. The summed E-state index contributed by atoms with van der Waals surface area (Å²) in [5.74, 6) is 1.10. The largest absolute Gasteiger partial charge is 0.480 e. The molecule has 2 heterocycles. The predicted octanol–water partition coefficient (Wildman–Crippen LogP) is 2.63. The van der Waals surface area contributed by atoms with Crippen LogP contribution in [0.4, 0.5) is 0 Å². The Morgan fingerprint density at radius 3 is 2.13 bits per heavy atom. The molecule has 0 saturated heterocycles. The summed E-state index contributed by atoms with van der Waals surface area (Å²) in [4.78, 5) is 34.8. The molecule has 0 spiro atoms. The molecular weight excluding hydrogens is 396 g/mol. The molecule has 2 rings (SSSR count). The monoisotopic (exact) mass is 434 g/mol. The van der Waals surface area contributed by atoms with Gasteiger partial charge in [-0.2, -0.15) is 0 Å². The minimum atomic E-state index is -1.04. The Kier molecular flexibility index (Phi) is 8.26. The first kappa shape index (κ1) is 24.9. The van der Waals surface area contributed by atoms with E-state index in [2.05, 4.69) is 27.2 Å². The first-order chi connectivity index (χ1) is 14.5. The standard InChI is InChI=1S/C23H38N4O4/c1-9-30-20-17(13(3)4)25-19(28)16(24-20)11-15(7)12-23(8)22(29)26-18(14(5)6)21(27-23)31-10-2/h13-14,16-18H,7,9-12H2,1-6,8H3,(H,25,28)(H,26,29)/t16-,17+,18+,23-/m1/s1. The van der Waals surface area contributed by atoms with Crippen LogP contribution in [-0.4, -0.2) is 60.5 Å². The topological polar surface area (TPSA) is 101 Å². The molecule has 8 nitrogen and oxygen atoms in total. The number of ether oxygens (including phenoxy) is 2. The van der Waals surface area contributed by atoms with Crippen LogP contribution in [0, 0.1) is 11.8 Å². The van der Waals surface area contributed by atoms with Gasteiger partial charge in [-0.25, -0.2) is 9.98 Å². The summed E-state index contributed by atoms with van der Waals surface area (Å²) in [6.45, 7) is 18.7. The molecule has 2 aliphatic rings. The molecule has 0 radical (unpaired) electrons. The van der Waals surface area contributed by atoms with Gasteiger partial charge in [0, 0.05) is 6.42 Å². The first-order valence-electron chi connectivity index (χ1n) is 11.2. The van der Waals surface area contributed by atoms with Gasteiger partial charge in [-0.15, -0.1) is 0 Å². The van der Waals surface area contributed by atoms with Crippen molar-refractivity contribution in [3.05, 3.63) is 12.2 Å². The Balaban J connectivity index is 2.18. The maximum atomic E-state index is 12.9. The Hall–Kier alpha value is -2.38. The van der Waals surface area contributed by atoms with Crippen LogP contribution in [0.15, 0.2) is 22.1 Å². The molecule has 2 amide bonds. The first-order valence-corrected chi connectivity index (χ1v) is 11.2. The van der Waals surface area contributed by atoms with Gasteiger partial charge in [0.05, 0.1) is 13.2 Å². The number of carbonyl (C=O) groups is 2. The average Bonchev–Trinajstić information content (AvgIpc) is 2.66. The smallest absolute Gasteiger partial charge is 0.248 e. The van der Waals surface area contributed by atoms with Crippen molar-refractivity contribution in [2.75, 3.05) is 13.2 Å². The van der Waals surface area contributed by atoms with Gasteiger partial charge in [-0.3, -0.25) is 9.59 Å². The molecule has 0 bridgehead atoms. The Bertz CT molecular complexity index is 759. The highest BCUT2D eigenvalue weighted by Crippen LogP contribution is 2.29. The zero-order chi connectivity index (χ0) is 23.3. The number of rotatable bonds is 8. The molecule has 174 valence electrons. The van der Waals surface area contributed by atoms with Gasteiger partial charge in [0.1, 0.15) is 23.7 Å². The molecule has 0 aromatic heterocycles. The maximum absolute atomic E-state index is 12.9. The second-order valence-corrected chi connectivity index (χ2v) is 9.13. The second-order valence-electron chi connectivity index (χ2n) is 9.13. The fourth-order valence-electron chi connectivity index (χ4n) is 3.86. The third-order valence-corrected chi connectivity index (χ3v) is 5.54. The highest BCUT2D eigenvalue weighted by atomic mass is 16.5. The van der Waals surface area contributed by atoms with E-state index in [0.29, 0.717) is 37.9 Å². The van der Waals surface area contributed by atoms with Gasteiger partial charge in [0.15, 0.2) is 0 Å². The van der Waals surface area contributed by atoms with E-state index in [1.807, 2.05) is 41.5 Å². The number of hydrogen-bond acceptors (Lipinski definition) is 6. The van der Waals surface area contributed by atoms with Crippen LogP contribution in [0.1, 0.15) is 61.3 Å². The highest BCUT2D eigenvalue weighted by molar-refractivity contribution is 5.98. The lowest BCUT2D eigenvalue weighted by molar-refractivity contribution is -0.127. The van der Waals surface area contributed by atoms with E-state index in [-0.39, 0.29) is 35.7 Å². The van der Waals surface area contributed by atoms with Crippen molar-refractivity contribution < 1.29 is 19.1 Å². The molecular formula is C23H38N4O4. The van der Waals surface area contributed by atoms with Crippen LogP contribution >= 0.6 is 0 Å². The molecule has 0 aliphatic carbocycles. The molecule has 8 heteroatoms. The number of carbonyl (C=O) groups excluding carboxylic acids is 2. The Morgan fingerprint density at radius 2 is 1.58 bits per heavy atom. The van der Waals surface area contributed by atoms with Crippen LogP contribution < -0.4 is 10.6 Å². The van der Waals surface area contributed by atoms with Crippen molar-refractivity contribution in [3.63, 3.8) is 0 Å². The number of hydrogen-bond donors (Lipinski definition) is 2. The zero-order valence-electron chi connectivity index (χ0n) is 19.9. The summed E-state index contributed by atoms with van der Waals surface area (Å²) in [5.41, 5.74) is -0.312. The lowest BCUT2D eigenvalue weighted by Crippen LogP contribution is -2.58. The third-order valence-electron chi connectivity index (χ3n) is 5.54. The fourth-order valence-corrected chi connectivity index (χ4v) is 3.86. The van der Waals surface area contributed by atoms with Crippen molar-refractivity contribution in [1.29, 1.82) is 0 Å².